The predicted molar refractivity (Wildman–Crippen MR) is 105 cm³/mol. The molecule has 0 aromatic heterocycles. The number of unbranched alkanes of at least 4 members (excludes halogenated alkanes) is 1. The van der Waals surface area contributed by atoms with Crippen LogP contribution in [0.5, 0.6) is 5.75 Å². The van der Waals surface area contributed by atoms with Crippen LogP contribution in [0.4, 0.5) is 5.69 Å². The van der Waals surface area contributed by atoms with E-state index in [2.05, 4.69) is 10.0 Å². The van der Waals surface area contributed by atoms with E-state index < -0.39 is 15.3 Å². The summed E-state index contributed by atoms with van der Waals surface area (Å²) in [6.07, 6.45) is 1.58. The van der Waals surface area contributed by atoms with Gasteiger partial charge in [-0.15, -0.1) is 0 Å². The minimum absolute atomic E-state index is 0.0952. The molecule has 0 saturated carbocycles. The Labute approximate surface area is 157 Å². The number of hydrogen-bond donors (Lipinski definition) is 2. The van der Waals surface area contributed by atoms with E-state index in [1.54, 1.807) is 19.9 Å². The smallest absolute Gasteiger partial charge is 0.224 e. The standard InChI is InChI=1S/C18H31N3O4S/c1-15(2)26(23,24)19-11-6-5-10-18(22)20-16-8-7-9-17(14-16)25-13-12-21(3)4/h7-9,14-15,19H,5-6,10-13H2,1-4H3,(H,20,22). The molecule has 2 N–H and O–H groups in total. The van der Waals surface area contributed by atoms with Crippen LogP contribution in [0.3, 0.4) is 0 Å². The largest absolute Gasteiger partial charge is 0.492 e. The summed E-state index contributed by atoms with van der Waals surface area (Å²) in [4.78, 5) is 14.0. The number of hydrogen-bond acceptors (Lipinski definition) is 5. The number of benzene rings is 1. The molecule has 0 aliphatic heterocycles. The molecule has 0 fully saturated rings. The van der Waals surface area contributed by atoms with E-state index in [1.165, 1.54) is 0 Å². The molecule has 26 heavy (non-hydrogen) atoms. The van der Waals surface area contributed by atoms with Crippen LogP contribution in [0.15, 0.2) is 24.3 Å². The first-order valence-corrected chi connectivity index (χ1v) is 10.4. The zero-order valence-corrected chi connectivity index (χ0v) is 16.9. The van der Waals surface area contributed by atoms with Crippen LogP contribution in [0.25, 0.3) is 0 Å². The van der Waals surface area contributed by atoms with Crippen LogP contribution >= 0.6 is 0 Å². The van der Waals surface area contributed by atoms with Gasteiger partial charge in [0.05, 0.1) is 5.25 Å². The first kappa shape index (κ1) is 22.4. The molecular weight excluding hydrogens is 354 g/mol. The van der Waals surface area contributed by atoms with Gasteiger partial charge in [0.1, 0.15) is 12.4 Å². The molecule has 0 heterocycles. The van der Waals surface area contributed by atoms with Gasteiger partial charge in [0.2, 0.25) is 15.9 Å². The minimum atomic E-state index is -3.23. The van der Waals surface area contributed by atoms with Gasteiger partial charge in [0.25, 0.3) is 0 Å². The van der Waals surface area contributed by atoms with Gasteiger partial charge in [0, 0.05) is 31.3 Å². The summed E-state index contributed by atoms with van der Waals surface area (Å²) in [5.74, 6) is 0.620. The third-order valence-electron chi connectivity index (χ3n) is 3.68. The summed E-state index contributed by atoms with van der Waals surface area (Å²) in [6, 6.07) is 7.30. The van der Waals surface area contributed by atoms with Crippen molar-refractivity contribution < 1.29 is 17.9 Å². The number of ether oxygens (including phenoxy) is 1. The van der Waals surface area contributed by atoms with Gasteiger partial charge in [-0.25, -0.2) is 13.1 Å². The molecule has 0 atom stereocenters. The van der Waals surface area contributed by atoms with Gasteiger partial charge >= 0.3 is 0 Å². The average Bonchev–Trinajstić information content (AvgIpc) is 2.54. The third-order valence-corrected chi connectivity index (χ3v) is 5.53. The Bertz CT molecular complexity index is 660. The van der Waals surface area contributed by atoms with Crippen molar-refractivity contribution in [3.05, 3.63) is 24.3 Å². The number of amides is 1. The van der Waals surface area contributed by atoms with Crippen LogP contribution in [-0.2, 0) is 14.8 Å². The highest BCUT2D eigenvalue weighted by Crippen LogP contribution is 2.17. The predicted octanol–water partition coefficient (Wildman–Crippen LogP) is 2.06. The number of likely N-dealkylation sites (N-methyl/N-ethyl adjacent to an activating group) is 1. The van der Waals surface area contributed by atoms with Gasteiger partial charge in [-0.1, -0.05) is 6.07 Å². The van der Waals surface area contributed by atoms with E-state index in [4.69, 9.17) is 4.74 Å². The first-order valence-electron chi connectivity index (χ1n) is 8.86. The molecule has 0 aliphatic rings. The molecule has 0 spiro atoms. The van der Waals surface area contributed by atoms with E-state index in [1.807, 2.05) is 37.2 Å². The van der Waals surface area contributed by atoms with Gasteiger partial charge < -0.3 is 15.0 Å². The van der Waals surface area contributed by atoms with E-state index >= 15 is 0 Å². The molecule has 1 amide bonds. The lowest BCUT2D eigenvalue weighted by Gasteiger charge is -2.12. The molecule has 8 heteroatoms. The van der Waals surface area contributed by atoms with Crippen molar-refractivity contribution >= 4 is 21.6 Å². The molecule has 0 saturated heterocycles. The van der Waals surface area contributed by atoms with Crippen LogP contribution in [0, 0.1) is 0 Å². The number of sulfonamides is 1. The summed E-state index contributed by atoms with van der Waals surface area (Å²) < 4.78 is 31.4. The SMILES string of the molecule is CC(C)S(=O)(=O)NCCCCC(=O)Nc1cccc(OCCN(C)C)c1. The van der Waals surface area contributed by atoms with Gasteiger partial charge in [0.15, 0.2) is 0 Å². The highest BCUT2D eigenvalue weighted by atomic mass is 32.2. The monoisotopic (exact) mass is 385 g/mol. The number of rotatable bonds is 12. The summed E-state index contributed by atoms with van der Waals surface area (Å²) in [6.45, 7) is 5.01. The highest BCUT2D eigenvalue weighted by molar-refractivity contribution is 7.90. The molecule has 0 bridgehead atoms. The molecule has 0 radical (unpaired) electrons. The Morgan fingerprint density at radius 3 is 2.62 bits per heavy atom. The molecule has 1 rings (SSSR count). The maximum atomic E-state index is 12.0. The van der Waals surface area contributed by atoms with E-state index in [-0.39, 0.29) is 5.91 Å². The van der Waals surface area contributed by atoms with Crippen molar-refractivity contribution in [3.8, 4) is 5.75 Å². The second-order valence-corrected chi connectivity index (χ2v) is 8.99. The fourth-order valence-electron chi connectivity index (χ4n) is 2.02. The summed E-state index contributed by atoms with van der Waals surface area (Å²) in [5, 5.41) is 2.39. The normalized spacial score (nSPS) is 11.8. The Balaban J connectivity index is 2.30. The summed E-state index contributed by atoms with van der Waals surface area (Å²) in [5.41, 5.74) is 0.692. The van der Waals surface area contributed by atoms with Crippen LogP contribution < -0.4 is 14.8 Å². The van der Waals surface area contributed by atoms with Crippen molar-refractivity contribution in [1.82, 2.24) is 9.62 Å². The number of nitrogens with one attached hydrogen (secondary N) is 2. The van der Waals surface area contributed by atoms with Crippen molar-refractivity contribution in [3.63, 3.8) is 0 Å². The molecule has 0 unspecified atom stereocenters. The maximum absolute atomic E-state index is 12.0. The number of nitrogens with zero attached hydrogens (tertiary/aromatic N) is 1. The lowest BCUT2D eigenvalue weighted by atomic mass is 10.2. The van der Waals surface area contributed by atoms with Crippen molar-refractivity contribution in [2.24, 2.45) is 0 Å². The molecule has 1 aromatic rings. The van der Waals surface area contributed by atoms with Gasteiger partial charge in [-0.3, -0.25) is 4.79 Å². The zero-order chi connectivity index (χ0) is 19.6. The van der Waals surface area contributed by atoms with Crippen molar-refractivity contribution in [2.75, 3.05) is 39.1 Å². The number of carbonyl (C=O) groups excluding carboxylic acids is 1. The number of anilines is 1. The third kappa shape index (κ3) is 9.17. The van der Waals surface area contributed by atoms with E-state index in [0.29, 0.717) is 43.9 Å². The average molecular weight is 386 g/mol. The van der Waals surface area contributed by atoms with Crippen LogP contribution in [0.2, 0.25) is 0 Å². The second-order valence-electron chi connectivity index (χ2n) is 6.67. The Morgan fingerprint density at radius 2 is 1.96 bits per heavy atom. The quantitative estimate of drug-likeness (QED) is 0.538. The Hall–Kier alpha value is -1.64. The van der Waals surface area contributed by atoms with Gasteiger partial charge in [-0.2, -0.15) is 0 Å². The van der Waals surface area contributed by atoms with Gasteiger partial charge in [-0.05, 0) is 52.9 Å². The van der Waals surface area contributed by atoms with Crippen LogP contribution in [-0.4, -0.2) is 58.3 Å². The number of carbonyl (C=O) groups is 1. The fourth-order valence-corrected chi connectivity index (χ4v) is 2.79. The summed E-state index contributed by atoms with van der Waals surface area (Å²) in [7, 11) is 0.727. The molecule has 148 valence electrons. The minimum Gasteiger partial charge on any atom is -0.492 e. The molecular formula is C18H31N3O4S. The Kier molecular flexibility index (Phi) is 9.61. The molecule has 1 aromatic carbocycles. The topological polar surface area (TPSA) is 87.7 Å². The molecule has 7 nitrogen and oxygen atoms in total. The van der Waals surface area contributed by atoms with Crippen LogP contribution in [0.1, 0.15) is 33.1 Å². The lowest BCUT2D eigenvalue weighted by Crippen LogP contribution is -2.31. The van der Waals surface area contributed by atoms with Crippen molar-refractivity contribution in [1.29, 1.82) is 0 Å². The highest BCUT2D eigenvalue weighted by Gasteiger charge is 2.14. The summed E-state index contributed by atoms with van der Waals surface area (Å²) >= 11 is 0. The first-order chi connectivity index (χ1) is 12.2. The lowest BCUT2D eigenvalue weighted by molar-refractivity contribution is -0.116. The Morgan fingerprint density at radius 1 is 1.23 bits per heavy atom. The maximum Gasteiger partial charge on any atom is 0.224 e. The zero-order valence-electron chi connectivity index (χ0n) is 16.1. The second kappa shape index (κ2) is 11.2. The van der Waals surface area contributed by atoms with E-state index in [0.717, 1.165) is 6.54 Å². The van der Waals surface area contributed by atoms with E-state index in [9.17, 15) is 13.2 Å². The van der Waals surface area contributed by atoms with Crippen molar-refractivity contribution in [2.45, 2.75) is 38.4 Å². The molecule has 0 aliphatic carbocycles. The fraction of sp³-hybridized carbons (Fsp3) is 0.611.